The summed E-state index contributed by atoms with van der Waals surface area (Å²) in [5.74, 6) is -7.79. The third kappa shape index (κ3) is 7.15. The Balaban J connectivity index is 2.07. The minimum Gasteiger partial charge on any atom is -0.287 e. The first-order valence-corrected chi connectivity index (χ1v) is 12.5. The summed E-state index contributed by atoms with van der Waals surface area (Å²) < 4.78 is 157. The first-order chi connectivity index (χ1) is 19.9. The van der Waals surface area contributed by atoms with Crippen LogP contribution in [0.25, 0.3) is 0 Å². The maximum Gasteiger partial charge on any atom is 0.416 e. The fraction of sp³-hybridized carbons (Fsp3) is 0.233. The molecule has 0 aliphatic rings. The van der Waals surface area contributed by atoms with Gasteiger partial charge < -0.3 is 0 Å². The number of nitrogens with zero attached hydrogens (tertiary/aromatic N) is 1. The van der Waals surface area contributed by atoms with Gasteiger partial charge in [-0.25, -0.2) is 22.0 Å². The Morgan fingerprint density at radius 1 is 0.721 bits per heavy atom. The number of hydrogen-bond donors (Lipinski definition) is 1. The van der Waals surface area contributed by atoms with Crippen molar-refractivity contribution in [2.24, 2.45) is 0 Å². The summed E-state index contributed by atoms with van der Waals surface area (Å²) in [7, 11) is 0. The van der Waals surface area contributed by atoms with Gasteiger partial charge in [0, 0.05) is 13.3 Å². The molecule has 3 aromatic carbocycles. The molecule has 0 saturated heterocycles. The predicted molar refractivity (Wildman–Crippen MR) is 134 cm³/mol. The second-order valence-corrected chi connectivity index (χ2v) is 9.90. The topological polar surface area (TPSA) is 24.9 Å². The second kappa shape index (κ2) is 11.6. The van der Waals surface area contributed by atoms with Crippen molar-refractivity contribution in [2.45, 2.75) is 43.2 Å². The quantitative estimate of drug-likeness (QED) is 0.200. The number of pyridine rings is 1. The minimum absolute atomic E-state index is 0.145. The Bertz CT molecular complexity index is 1560. The fourth-order valence-electron chi connectivity index (χ4n) is 4.74. The molecule has 2 nitrogen and oxygen atoms in total. The Morgan fingerprint density at radius 2 is 1.37 bits per heavy atom. The molecule has 2 atom stereocenters. The van der Waals surface area contributed by atoms with Gasteiger partial charge in [-0.15, -0.1) is 0 Å². The molecule has 0 radical (unpaired) electrons. The van der Waals surface area contributed by atoms with E-state index in [1.165, 1.54) is 24.3 Å². The largest absolute Gasteiger partial charge is 0.416 e. The Morgan fingerprint density at radius 3 is 1.93 bits per heavy atom. The van der Waals surface area contributed by atoms with Gasteiger partial charge in [-0.2, -0.15) is 26.3 Å². The van der Waals surface area contributed by atoms with Crippen LogP contribution in [-0.2, 0) is 24.1 Å². The second-order valence-electron chi connectivity index (χ2n) is 9.90. The van der Waals surface area contributed by atoms with Crippen LogP contribution in [0.1, 0.15) is 46.5 Å². The number of benzene rings is 3. The summed E-state index contributed by atoms with van der Waals surface area (Å²) in [6.07, 6.45) is -10.5. The summed E-state index contributed by atoms with van der Waals surface area (Å²) in [6, 6.07) is 8.58. The monoisotopic (exact) mass is 618 g/mol. The summed E-state index contributed by atoms with van der Waals surface area (Å²) in [5, 5.41) is 2.22. The summed E-state index contributed by atoms with van der Waals surface area (Å²) in [5.41, 5.74) is -7.20. The van der Waals surface area contributed by atoms with Crippen LogP contribution in [0, 0.1) is 17.5 Å². The van der Waals surface area contributed by atoms with Crippen LogP contribution in [0.5, 0.6) is 0 Å². The van der Waals surface area contributed by atoms with E-state index in [-0.39, 0.29) is 18.6 Å². The van der Waals surface area contributed by atoms with Crippen LogP contribution >= 0.6 is 0 Å². The zero-order valence-corrected chi connectivity index (χ0v) is 22.0. The van der Waals surface area contributed by atoms with Crippen molar-refractivity contribution in [1.82, 2.24) is 10.3 Å². The fourth-order valence-corrected chi connectivity index (χ4v) is 4.74. The maximum absolute atomic E-state index is 14.8. The van der Waals surface area contributed by atoms with E-state index in [2.05, 4.69) is 10.3 Å². The average Bonchev–Trinajstić information content (AvgIpc) is 2.90. The lowest BCUT2D eigenvalue weighted by atomic mass is 9.78. The summed E-state index contributed by atoms with van der Waals surface area (Å²) in [4.78, 5) is 3.86. The molecule has 0 fully saturated rings. The van der Waals surface area contributed by atoms with Crippen molar-refractivity contribution >= 4 is 0 Å². The summed E-state index contributed by atoms with van der Waals surface area (Å²) in [6.45, 7) is 0.277. The van der Waals surface area contributed by atoms with Gasteiger partial charge in [-0.05, 0) is 59.2 Å². The third-order valence-corrected chi connectivity index (χ3v) is 6.71. The van der Waals surface area contributed by atoms with Crippen LogP contribution in [0.2, 0.25) is 0 Å². The average molecular weight is 618 g/mol. The number of alkyl halides is 8. The minimum atomic E-state index is -5.33. The van der Waals surface area contributed by atoms with Gasteiger partial charge in [0.25, 0.3) is 5.92 Å². The first-order valence-electron chi connectivity index (χ1n) is 12.5. The van der Waals surface area contributed by atoms with Gasteiger partial charge in [-0.1, -0.05) is 36.4 Å². The van der Waals surface area contributed by atoms with Gasteiger partial charge >= 0.3 is 12.4 Å². The Kier molecular flexibility index (Phi) is 8.60. The molecule has 13 heteroatoms. The van der Waals surface area contributed by atoms with E-state index in [4.69, 9.17) is 0 Å². The number of rotatable bonds is 8. The molecule has 1 unspecified atom stereocenters. The highest BCUT2D eigenvalue weighted by molar-refractivity contribution is 5.42. The molecular formula is C30H21F11N2. The van der Waals surface area contributed by atoms with E-state index in [0.29, 0.717) is 36.5 Å². The third-order valence-electron chi connectivity index (χ3n) is 6.71. The number of halogens is 11. The van der Waals surface area contributed by atoms with E-state index in [9.17, 15) is 48.3 Å². The lowest BCUT2D eigenvalue weighted by Gasteiger charge is -2.40. The molecule has 43 heavy (non-hydrogen) atoms. The smallest absolute Gasteiger partial charge is 0.287 e. The van der Waals surface area contributed by atoms with Gasteiger partial charge in [0.05, 0.1) is 28.6 Å². The molecular weight excluding hydrogens is 597 g/mol. The molecule has 0 aliphatic heterocycles. The SMILES string of the molecule is CC(F)(F)c1cc(C(N[C@@](Cc2ccccc2)(c2cc(F)cc(C(F)(F)F)c2)c2ccc(F)cn2)C(F)(F)F)ccc1F. The molecule has 4 rings (SSSR count). The van der Waals surface area contributed by atoms with Gasteiger partial charge in [0.15, 0.2) is 0 Å². The molecule has 1 aromatic heterocycles. The van der Waals surface area contributed by atoms with E-state index >= 15 is 0 Å². The van der Waals surface area contributed by atoms with Crippen LogP contribution in [0.15, 0.2) is 85.1 Å². The normalized spacial score (nSPS) is 14.8. The number of nitrogens with one attached hydrogen (secondary N) is 1. The first kappa shape index (κ1) is 31.9. The van der Waals surface area contributed by atoms with Crippen LogP contribution < -0.4 is 5.32 Å². The standard InChI is InChI=1S/C30H21F11N2/c1-27(34,35)23-11-18(7-9-24(23)33)26(30(39,40)41)43-28(15-17-5-3-2-4-6-17,25-10-8-21(31)16-42-25)19-12-20(29(36,37)38)14-22(32)13-19/h2-14,16,26,43H,15H2,1H3/t26?,28-/m0/s1. The highest BCUT2D eigenvalue weighted by atomic mass is 19.4. The molecule has 228 valence electrons. The van der Waals surface area contributed by atoms with E-state index in [0.717, 1.165) is 12.1 Å². The highest BCUT2D eigenvalue weighted by Crippen LogP contribution is 2.43. The van der Waals surface area contributed by atoms with Crippen LogP contribution in [0.4, 0.5) is 48.3 Å². The van der Waals surface area contributed by atoms with Crippen molar-refractivity contribution < 1.29 is 48.3 Å². The zero-order valence-electron chi connectivity index (χ0n) is 22.0. The lowest BCUT2D eigenvalue weighted by molar-refractivity contribution is -0.162. The van der Waals surface area contributed by atoms with E-state index < -0.39 is 81.7 Å². The predicted octanol–water partition coefficient (Wildman–Crippen LogP) is 9.01. The van der Waals surface area contributed by atoms with Crippen molar-refractivity contribution in [2.75, 3.05) is 0 Å². The zero-order chi connectivity index (χ0) is 31.8. The van der Waals surface area contributed by atoms with Crippen molar-refractivity contribution in [3.05, 3.63) is 136 Å². The van der Waals surface area contributed by atoms with Crippen molar-refractivity contribution in [3.8, 4) is 0 Å². The van der Waals surface area contributed by atoms with Crippen molar-refractivity contribution in [1.29, 1.82) is 0 Å². The van der Waals surface area contributed by atoms with E-state index in [1.807, 2.05) is 0 Å². The van der Waals surface area contributed by atoms with Gasteiger partial charge in [0.2, 0.25) is 0 Å². The Labute approximate surface area is 238 Å². The molecule has 1 N–H and O–H groups in total. The molecule has 1 heterocycles. The molecule has 4 aromatic rings. The number of aromatic nitrogens is 1. The molecule has 0 bridgehead atoms. The van der Waals surface area contributed by atoms with E-state index in [1.54, 1.807) is 6.07 Å². The Hall–Kier alpha value is -4.00. The lowest BCUT2D eigenvalue weighted by Crippen LogP contribution is -2.51. The van der Waals surface area contributed by atoms with Gasteiger partial charge in [0.1, 0.15) is 23.5 Å². The molecule has 0 spiro atoms. The maximum atomic E-state index is 14.8. The van der Waals surface area contributed by atoms with Crippen LogP contribution in [0.3, 0.4) is 0 Å². The van der Waals surface area contributed by atoms with Crippen molar-refractivity contribution in [3.63, 3.8) is 0 Å². The van der Waals surface area contributed by atoms with Crippen LogP contribution in [-0.4, -0.2) is 11.2 Å². The number of hydrogen-bond acceptors (Lipinski definition) is 2. The molecule has 0 aliphatic carbocycles. The highest BCUT2D eigenvalue weighted by Gasteiger charge is 2.49. The molecule has 0 saturated carbocycles. The van der Waals surface area contributed by atoms with Gasteiger partial charge in [-0.3, -0.25) is 10.3 Å². The molecule has 0 amide bonds. The summed E-state index contributed by atoms with van der Waals surface area (Å²) >= 11 is 0.